The van der Waals surface area contributed by atoms with Crippen molar-refractivity contribution in [3.05, 3.63) is 65.2 Å². The third-order valence-electron chi connectivity index (χ3n) is 4.32. The Morgan fingerprint density at radius 2 is 2.05 bits per heavy atom. The van der Waals surface area contributed by atoms with Crippen molar-refractivity contribution in [2.45, 2.75) is 31.6 Å². The van der Waals surface area contributed by atoms with Crippen molar-refractivity contribution in [1.82, 2.24) is 0 Å². The quantitative estimate of drug-likeness (QED) is 0.776. The van der Waals surface area contributed by atoms with E-state index < -0.39 is 0 Å². The van der Waals surface area contributed by atoms with Crippen LogP contribution in [-0.4, -0.2) is 12.9 Å². The first-order valence-electron chi connectivity index (χ1n) is 7.53. The second kappa shape index (κ2) is 6.13. The number of hydrogen-bond acceptors (Lipinski definition) is 2. The summed E-state index contributed by atoms with van der Waals surface area (Å²) in [5.41, 5.74) is 3.52. The summed E-state index contributed by atoms with van der Waals surface area (Å²) in [6.07, 6.45) is 4.00. The van der Waals surface area contributed by atoms with Gasteiger partial charge in [0.2, 0.25) is 0 Å². The van der Waals surface area contributed by atoms with Crippen LogP contribution in [0.25, 0.3) is 0 Å². The van der Waals surface area contributed by atoms with Crippen LogP contribution < -0.4 is 4.74 Å². The summed E-state index contributed by atoms with van der Waals surface area (Å²) >= 11 is 0. The Balaban J connectivity index is 1.79. The number of aryl methyl sites for hydroxylation is 1. The molecule has 0 bridgehead atoms. The Bertz CT molecular complexity index is 646. The zero-order valence-corrected chi connectivity index (χ0v) is 12.3. The molecule has 1 aliphatic rings. The number of carbonyl (C=O) groups excluding carboxylic acids is 1. The SMILES string of the molecule is COc1cccc(C(=O)CC2CCCc3ccccc32)c1. The Labute approximate surface area is 125 Å². The maximum Gasteiger partial charge on any atom is 0.163 e. The zero-order valence-electron chi connectivity index (χ0n) is 12.3. The molecule has 0 heterocycles. The highest BCUT2D eigenvalue weighted by Gasteiger charge is 2.22. The van der Waals surface area contributed by atoms with E-state index in [0.29, 0.717) is 12.3 Å². The Hall–Kier alpha value is -2.09. The van der Waals surface area contributed by atoms with Crippen LogP contribution in [-0.2, 0) is 6.42 Å². The Morgan fingerprint density at radius 1 is 1.19 bits per heavy atom. The fourth-order valence-corrected chi connectivity index (χ4v) is 3.20. The predicted octanol–water partition coefficient (Wildman–Crippen LogP) is 4.39. The second-order valence-corrected chi connectivity index (χ2v) is 5.65. The van der Waals surface area contributed by atoms with Crippen LogP contribution in [0.15, 0.2) is 48.5 Å². The van der Waals surface area contributed by atoms with Crippen LogP contribution in [0, 0.1) is 0 Å². The third-order valence-corrected chi connectivity index (χ3v) is 4.32. The number of carbonyl (C=O) groups is 1. The monoisotopic (exact) mass is 280 g/mol. The molecule has 0 N–H and O–H groups in total. The van der Waals surface area contributed by atoms with E-state index in [2.05, 4.69) is 24.3 Å². The van der Waals surface area contributed by atoms with Gasteiger partial charge in [0.15, 0.2) is 5.78 Å². The summed E-state index contributed by atoms with van der Waals surface area (Å²) in [6.45, 7) is 0. The summed E-state index contributed by atoms with van der Waals surface area (Å²) in [7, 11) is 1.63. The van der Waals surface area contributed by atoms with Gasteiger partial charge in [-0.25, -0.2) is 0 Å². The van der Waals surface area contributed by atoms with Crippen molar-refractivity contribution < 1.29 is 9.53 Å². The normalized spacial score (nSPS) is 17.1. The van der Waals surface area contributed by atoms with Crippen molar-refractivity contribution in [2.75, 3.05) is 7.11 Å². The minimum atomic E-state index is 0.204. The highest BCUT2D eigenvalue weighted by molar-refractivity contribution is 5.97. The minimum Gasteiger partial charge on any atom is -0.497 e. The predicted molar refractivity (Wildman–Crippen MR) is 84.1 cm³/mol. The van der Waals surface area contributed by atoms with Gasteiger partial charge in [0, 0.05) is 12.0 Å². The molecule has 0 fully saturated rings. The number of rotatable bonds is 4. The number of ketones is 1. The summed E-state index contributed by atoms with van der Waals surface area (Å²) in [4.78, 5) is 12.5. The van der Waals surface area contributed by atoms with Crippen molar-refractivity contribution in [3.63, 3.8) is 0 Å². The maximum atomic E-state index is 12.5. The fraction of sp³-hybridized carbons (Fsp3) is 0.316. The summed E-state index contributed by atoms with van der Waals surface area (Å²) < 4.78 is 5.20. The molecule has 0 spiro atoms. The topological polar surface area (TPSA) is 26.3 Å². The van der Waals surface area contributed by atoms with Gasteiger partial charge in [0.05, 0.1) is 7.11 Å². The second-order valence-electron chi connectivity index (χ2n) is 5.65. The van der Waals surface area contributed by atoms with E-state index in [4.69, 9.17) is 4.74 Å². The molecule has 21 heavy (non-hydrogen) atoms. The van der Waals surface area contributed by atoms with E-state index in [0.717, 1.165) is 24.2 Å². The van der Waals surface area contributed by atoms with Gasteiger partial charge in [0.1, 0.15) is 5.75 Å². The lowest BCUT2D eigenvalue weighted by Crippen LogP contribution is -2.14. The van der Waals surface area contributed by atoms with Crippen molar-refractivity contribution in [1.29, 1.82) is 0 Å². The Morgan fingerprint density at radius 3 is 2.90 bits per heavy atom. The van der Waals surface area contributed by atoms with Gasteiger partial charge in [-0.3, -0.25) is 4.79 Å². The molecule has 2 nitrogen and oxygen atoms in total. The molecule has 2 heteroatoms. The van der Waals surface area contributed by atoms with Crippen molar-refractivity contribution in [3.8, 4) is 5.75 Å². The largest absolute Gasteiger partial charge is 0.497 e. The molecule has 0 aromatic heterocycles. The molecule has 0 radical (unpaired) electrons. The maximum absolute atomic E-state index is 12.5. The lowest BCUT2D eigenvalue weighted by molar-refractivity contribution is 0.0970. The molecular formula is C19H20O2. The van der Waals surface area contributed by atoms with Gasteiger partial charge in [-0.2, -0.15) is 0 Å². The first-order chi connectivity index (χ1) is 10.3. The van der Waals surface area contributed by atoms with Gasteiger partial charge in [-0.15, -0.1) is 0 Å². The highest BCUT2D eigenvalue weighted by Crippen LogP contribution is 2.34. The molecular weight excluding hydrogens is 260 g/mol. The summed E-state index contributed by atoms with van der Waals surface area (Å²) in [6, 6.07) is 16.0. The number of ether oxygens (including phenoxy) is 1. The first-order valence-corrected chi connectivity index (χ1v) is 7.53. The number of hydrogen-bond donors (Lipinski definition) is 0. The number of benzene rings is 2. The Kier molecular flexibility index (Phi) is 4.05. The van der Waals surface area contributed by atoms with Gasteiger partial charge in [-0.1, -0.05) is 36.4 Å². The third kappa shape index (κ3) is 2.99. The molecule has 0 amide bonds. The van der Waals surface area contributed by atoms with Crippen molar-refractivity contribution >= 4 is 5.78 Å². The van der Waals surface area contributed by atoms with Gasteiger partial charge >= 0.3 is 0 Å². The van der Waals surface area contributed by atoms with E-state index in [1.807, 2.05) is 24.3 Å². The molecule has 2 aromatic carbocycles. The molecule has 108 valence electrons. The standard InChI is InChI=1S/C19H20O2/c1-21-17-10-5-9-16(12-17)19(20)13-15-8-4-7-14-6-2-3-11-18(14)15/h2-3,5-6,9-12,15H,4,7-8,13H2,1H3. The summed E-state index contributed by atoms with van der Waals surface area (Å²) in [5.74, 6) is 1.30. The average Bonchev–Trinajstić information content (AvgIpc) is 2.55. The van der Waals surface area contributed by atoms with Crippen LogP contribution in [0.5, 0.6) is 5.75 Å². The number of methoxy groups -OCH3 is 1. The van der Waals surface area contributed by atoms with Crippen LogP contribution in [0.3, 0.4) is 0 Å². The van der Waals surface area contributed by atoms with Crippen molar-refractivity contribution in [2.24, 2.45) is 0 Å². The van der Waals surface area contributed by atoms with Crippen LogP contribution in [0.1, 0.15) is 46.7 Å². The lowest BCUT2D eigenvalue weighted by Gasteiger charge is -2.25. The molecule has 2 aromatic rings. The van der Waals surface area contributed by atoms with E-state index >= 15 is 0 Å². The van der Waals surface area contributed by atoms with E-state index in [-0.39, 0.29) is 5.78 Å². The van der Waals surface area contributed by atoms with E-state index in [9.17, 15) is 4.79 Å². The number of fused-ring (bicyclic) bond motifs is 1. The molecule has 1 atom stereocenters. The minimum absolute atomic E-state index is 0.204. The first kappa shape index (κ1) is 13.9. The number of Topliss-reactive ketones (excluding diaryl/α,β-unsaturated/α-hetero) is 1. The molecule has 1 aliphatic carbocycles. The van der Waals surface area contributed by atoms with Crippen LogP contribution in [0.4, 0.5) is 0 Å². The van der Waals surface area contributed by atoms with Crippen LogP contribution in [0.2, 0.25) is 0 Å². The van der Waals surface area contributed by atoms with Gasteiger partial charge in [0.25, 0.3) is 0 Å². The zero-order chi connectivity index (χ0) is 14.7. The highest BCUT2D eigenvalue weighted by atomic mass is 16.5. The van der Waals surface area contributed by atoms with E-state index in [1.54, 1.807) is 7.11 Å². The average molecular weight is 280 g/mol. The van der Waals surface area contributed by atoms with E-state index in [1.165, 1.54) is 17.5 Å². The molecule has 0 aliphatic heterocycles. The molecule has 0 saturated heterocycles. The summed E-state index contributed by atoms with van der Waals surface area (Å²) in [5, 5.41) is 0. The van der Waals surface area contributed by atoms with Gasteiger partial charge < -0.3 is 4.74 Å². The molecule has 3 rings (SSSR count). The lowest BCUT2D eigenvalue weighted by atomic mass is 9.79. The smallest absolute Gasteiger partial charge is 0.163 e. The van der Waals surface area contributed by atoms with Crippen LogP contribution >= 0.6 is 0 Å². The fourth-order valence-electron chi connectivity index (χ4n) is 3.20. The molecule has 0 saturated carbocycles. The molecule has 1 unspecified atom stereocenters. The van der Waals surface area contributed by atoms with Gasteiger partial charge in [-0.05, 0) is 48.4 Å².